The molecule has 0 aromatic rings. The average Bonchev–Trinajstić information content (AvgIpc) is 2.53. The van der Waals surface area contributed by atoms with E-state index in [1.165, 1.54) is 0 Å². The lowest BCUT2D eigenvalue weighted by Crippen LogP contribution is -2.39. The monoisotopic (exact) mass is 230 g/mol. The molecule has 1 fully saturated rings. The molecule has 1 saturated heterocycles. The third kappa shape index (κ3) is 4.78. The van der Waals surface area contributed by atoms with Crippen LogP contribution in [0.25, 0.3) is 0 Å². The van der Waals surface area contributed by atoms with E-state index in [-0.39, 0.29) is 6.10 Å². The van der Waals surface area contributed by atoms with Crippen molar-refractivity contribution >= 4 is 0 Å². The summed E-state index contributed by atoms with van der Waals surface area (Å²) in [5, 5.41) is 9.68. The number of β-amino-alcohol motifs (C(OH)–C–C–N with tert-alkyl or cyclic N) is 1. The normalized spacial score (nSPS) is 26.8. The summed E-state index contributed by atoms with van der Waals surface area (Å²) in [6, 6.07) is 0.482. The molecule has 1 aliphatic heterocycles. The molecule has 1 rings (SSSR count). The fourth-order valence-electron chi connectivity index (χ4n) is 2.27. The zero-order valence-electron chi connectivity index (χ0n) is 10.9. The van der Waals surface area contributed by atoms with Gasteiger partial charge in [-0.25, -0.2) is 0 Å². The Labute approximate surface area is 99.2 Å². The molecular formula is C12H26N2O2. The number of hydrogen-bond donors (Lipinski definition) is 1. The van der Waals surface area contributed by atoms with Crippen molar-refractivity contribution in [1.82, 2.24) is 9.80 Å². The van der Waals surface area contributed by atoms with Crippen LogP contribution in [-0.4, -0.2) is 74.0 Å². The highest BCUT2D eigenvalue weighted by Gasteiger charge is 2.30. The van der Waals surface area contributed by atoms with Crippen molar-refractivity contribution in [2.24, 2.45) is 0 Å². The molecule has 96 valence electrons. The van der Waals surface area contributed by atoms with E-state index in [1.807, 2.05) is 0 Å². The van der Waals surface area contributed by atoms with Gasteiger partial charge in [0.15, 0.2) is 0 Å². The second-order valence-electron chi connectivity index (χ2n) is 4.91. The van der Waals surface area contributed by atoms with Gasteiger partial charge in [-0.3, -0.25) is 4.90 Å². The van der Waals surface area contributed by atoms with Gasteiger partial charge in [0.1, 0.15) is 0 Å². The van der Waals surface area contributed by atoms with E-state index in [2.05, 4.69) is 30.8 Å². The smallest absolute Gasteiger partial charge is 0.0682 e. The van der Waals surface area contributed by atoms with Gasteiger partial charge in [0, 0.05) is 32.3 Å². The molecule has 4 heteroatoms. The largest absolute Gasteiger partial charge is 0.392 e. The van der Waals surface area contributed by atoms with Gasteiger partial charge >= 0.3 is 0 Å². The fraction of sp³-hybridized carbons (Fsp3) is 1.00. The number of rotatable bonds is 7. The zero-order chi connectivity index (χ0) is 12.0. The van der Waals surface area contributed by atoms with Crippen molar-refractivity contribution in [3.63, 3.8) is 0 Å². The number of likely N-dealkylation sites (tertiary alicyclic amines) is 1. The number of aliphatic hydroxyl groups excluding tert-OH is 1. The molecular weight excluding hydrogens is 204 g/mol. The molecule has 0 spiro atoms. The molecule has 0 aliphatic carbocycles. The maximum atomic E-state index is 9.68. The minimum atomic E-state index is -0.156. The van der Waals surface area contributed by atoms with E-state index in [9.17, 15) is 5.11 Å². The molecule has 1 heterocycles. The van der Waals surface area contributed by atoms with Crippen molar-refractivity contribution in [3.05, 3.63) is 0 Å². The number of aliphatic hydroxyl groups is 1. The van der Waals surface area contributed by atoms with E-state index in [1.54, 1.807) is 0 Å². The Morgan fingerprint density at radius 3 is 2.75 bits per heavy atom. The number of hydrogen-bond acceptors (Lipinski definition) is 4. The molecule has 0 bridgehead atoms. The van der Waals surface area contributed by atoms with Crippen molar-refractivity contribution < 1.29 is 9.84 Å². The average molecular weight is 230 g/mol. The highest BCUT2D eigenvalue weighted by atomic mass is 16.5. The molecule has 1 aliphatic rings. The number of ether oxygens (including phenoxy) is 1. The van der Waals surface area contributed by atoms with Crippen LogP contribution in [0.3, 0.4) is 0 Å². The molecule has 1 N–H and O–H groups in total. The Morgan fingerprint density at radius 1 is 1.38 bits per heavy atom. The summed E-state index contributed by atoms with van der Waals surface area (Å²) in [6.45, 7) is 6.50. The predicted octanol–water partition coefficient (Wildman–Crippen LogP) is 0.410. The van der Waals surface area contributed by atoms with Crippen LogP contribution in [0, 0.1) is 0 Å². The van der Waals surface area contributed by atoms with E-state index in [4.69, 9.17) is 4.74 Å². The topological polar surface area (TPSA) is 35.9 Å². The molecule has 2 atom stereocenters. The molecule has 0 aromatic heterocycles. The Hall–Kier alpha value is -0.160. The number of likely N-dealkylation sites (N-methyl/N-ethyl adjacent to an activating group) is 1. The molecule has 0 amide bonds. The van der Waals surface area contributed by atoms with Crippen LogP contribution in [0.2, 0.25) is 0 Å². The van der Waals surface area contributed by atoms with E-state index in [0.29, 0.717) is 6.04 Å². The predicted molar refractivity (Wildman–Crippen MR) is 65.6 cm³/mol. The molecule has 4 nitrogen and oxygen atoms in total. The summed E-state index contributed by atoms with van der Waals surface area (Å²) in [6.07, 6.45) is 1.81. The lowest BCUT2D eigenvalue weighted by Gasteiger charge is -2.26. The van der Waals surface area contributed by atoms with Gasteiger partial charge in [0.2, 0.25) is 0 Å². The van der Waals surface area contributed by atoms with Crippen LogP contribution < -0.4 is 0 Å². The third-order valence-corrected chi connectivity index (χ3v) is 2.95. The van der Waals surface area contributed by atoms with Crippen LogP contribution >= 0.6 is 0 Å². The van der Waals surface area contributed by atoms with Gasteiger partial charge in [0.05, 0.1) is 12.7 Å². The Balaban J connectivity index is 2.26. The first-order valence-corrected chi connectivity index (χ1v) is 6.28. The fourth-order valence-corrected chi connectivity index (χ4v) is 2.27. The molecule has 0 radical (unpaired) electrons. The first-order valence-electron chi connectivity index (χ1n) is 6.28. The molecule has 16 heavy (non-hydrogen) atoms. The quantitative estimate of drug-likeness (QED) is 0.643. The summed E-state index contributed by atoms with van der Waals surface area (Å²) < 4.78 is 5.50. The van der Waals surface area contributed by atoms with Gasteiger partial charge in [-0.15, -0.1) is 0 Å². The van der Waals surface area contributed by atoms with E-state index < -0.39 is 0 Å². The van der Waals surface area contributed by atoms with Gasteiger partial charge in [-0.05, 0) is 26.9 Å². The first kappa shape index (κ1) is 13.9. The van der Waals surface area contributed by atoms with Crippen LogP contribution in [0.1, 0.15) is 19.8 Å². The van der Waals surface area contributed by atoms with Gasteiger partial charge in [-0.1, -0.05) is 6.92 Å². The molecule has 0 aromatic carbocycles. The van der Waals surface area contributed by atoms with Crippen LogP contribution in [0.15, 0.2) is 0 Å². The lowest BCUT2D eigenvalue weighted by atomic mass is 10.2. The third-order valence-electron chi connectivity index (χ3n) is 2.95. The van der Waals surface area contributed by atoms with Gasteiger partial charge < -0.3 is 14.7 Å². The second-order valence-corrected chi connectivity index (χ2v) is 4.91. The number of nitrogens with zero attached hydrogens (tertiary/aromatic N) is 2. The van der Waals surface area contributed by atoms with Gasteiger partial charge in [0.25, 0.3) is 0 Å². The van der Waals surface area contributed by atoms with Crippen molar-refractivity contribution in [2.75, 3.05) is 46.9 Å². The SMILES string of the molecule is CCCOCCN1CC(O)CC1CN(C)C. The summed E-state index contributed by atoms with van der Waals surface area (Å²) in [4.78, 5) is 4.53. The van der Waals surface area contributed by atoms with Gasteiger partial charge in [-0.2, -0.15) is 0 Å². The Morgan fingerprint density at radius 2 is 2.12 bits per heavy atom. The van der Waals surface area contributed by atoms with Crippen LogP contribution in [0.4, 0.5) is 0 Å². The summed E-state index contributed by atoms with van der Waals surface area (Å²) in [5.74, 6) is 0. The van der Waals surface area contributed by atoms with Crippen LogP contribution in [-0.2, 0) is 4.74 Å². The van der Waals surface area contributed by atoms with Crippen molar-refractivity contribution in [1.29, 1.82) is 0 Å². The Bertz CT molecular complexity index is 188. The van der Waals surface area contributed by atoms with E-state index in [0.717, 1.165) is 45.7 Å². The highest BCUT2D eigenvalue weighted by Crippen LogP contribution is 2.17. The lowest BCUT2D eigenvalue weighted by molar-refractivity contribution is 0.0909. The maximum Gasteiger partial charge on any atom is 0.0682 e. The Kier molecular flexibility index (Phi) is 6.28. The second kappa shape index (κ2) is 7.22. The summed E-state index contributed by atoms with van der Waals surface area (Å²) in [7, 11) is 4.16. The molecule has 0 saturated carbocycles. The molecule has 2 unspecified atom stereocenters. The van der Waals surface area contributed by atoms with Crippen molar-refractivity contribution in [2.45, 2.75) is 31.9 Å². The maximum absolute atomic E-state index is 9.68. The van der Waals surface area contributed by atoms with Crippen molar-refractivity contribution in [3.8, 4) is 0 Å². The summed E-state index contributed by atoms with van der Waals surface area (Å²) in [5.41, 5.74) is 0. The minimum absolute atomic E-state index is 0.156. The summed E-state index contributed by atoms with van der Waals surface area (Å²) >= 11 is 0. The first-order chi connectivity index (χ1) is 7.63. The minimum Gasteiger partial charge on any atom is -0.392 e. The highest BCUT2D eigenvalue weighted by molar-refractivity contribution is 4.86. The van der Waals surface area contributed by atoms with Crippen LogP contribution in [0.5, 0.6) is 0 Å². The zero-order valence-corrected chi connectivity index (χ0v) is 10.9. The van der Waals surface area contributed by atoms with E-state index >= 15 is 0 Å². The standard InChI is InChI=1S/C12H26N2O2/c1-4-6-16-7-5-14-10-12(15)8-11(14)9-13(2)3/h11-12,15H,4-10H2,1-3H3.